The number of nitro groups is 1. The Labute approximate surface area is 172 Å². The van der Waals surface area contributed by atoms with Gasteiger partial charge in [-0.1, -0.05) is 11.6 Å². The van der Waals surface area contributed by atoms with E-state index in [-0.39, 0.29) is 27.0 Å². The maximum atomic E-state index is 12.6. The van der Waals surface area contributed by atoms with Crippen LogP contribution in [0.4, 0.5) is 5.69 Å². The molecule has 9 nitrogen and oxygen atoms in total. The average Bonchev–Trinajstić information content (AvgIpc) is 2.59. The predicted octanol–water partition coefficient (Wildman–Crippen LogP) is 3.55. The van der Waals surface area contributed by atoms with Crippen molar-refractivity contribution in [2.45, 2.75) is 31.2 Å². The summed E-state index contributed by atoms with van der Waals surface area (Å²) in [5.74, 6) is -1.08. The van der Waals surface area contributed by atoms with Crippen LogP contribution in [-0.4, -0.2) is 32.0 Å². The van der Waals surface area contributed by atoms with Gasteiger partial charge in [-0.2, -0.15) is 0 Å². The Morgan fingerprint density at radius 1 is 1.17 bits per heavy atom. The molecule has 0 atom stereocenters. The highest BCUT2D eigenvalue weighted by Crippen LogP contribution is 2.32. The minimum atomic E-state index is -4.02. The van der Waals surface area contributed by atoms with Crippen LogP contribution in [0.5, 0.6) is 11.5 Å². The molecule has 1 N–H and O–H groups in total. The fraction of sp³-hybridized carbons (Fsp3) is 0.278. The van der Waals surface area contributed by atoms with Crippen LogP contribution < -0.4 is 14.2 Å². The summed E-state index contributed by atoms with van der Waals surface area (Å²) in [5, 5.41) is 11.1. The van der Waals surface area contributed by atoms with Gasteiger partial charge in [0, 0.05) is 5.54 Å². The number of rotatable bonds is 6. The number of nitrogens with one attached hydrogen (secondary N) is 1. The van der Waals surface area contributed by atoms with E-state index in [4.69, 9.17) is 21.1 Å². The standard InChI is InChI=1S/C18H19ClN2O7S/c1-18(2,3)20-29(25,26)16-9-11(5-7-13(16)19)17(22)28-15-8-6-12(27-4)10-14(15)21(23)24/h5-10,20H,1-4H3. The molecule has 0 aliphatic rings. The third-order valence-electron chi connectivity index (χ3n) is 3.46. The Morgan fingerprint density at radius 2 is 1.83 bits per heavy atom. The molecule has 0 heterocycles. The van der Waals surface area contributed by atoms with Crippen molar-refractivity contribution < 1.29 is 27.6 Å². The Balaban J connectivity index is 2.40. The van der Waals surface area contributed by atoms with Crippen molar-refractivity contribution in [2.24, 2.45) is 0 Å². The fourth-order valence-corrected chi connectivity index (χ4v) is 4.25. The maximum Gasteiger partial charge on any atom is 0.343 e. The third-order valence-corrected chi connectivity index (χ3v) is 5.70. The van der Waals surface area contributed by atoms with Crippen molar-refractivity contribution in [3.8, 4) is 11.5 Å². The summed E-state index contributed by atoms with van der Waals surface area (Å²) in [5.41, 5.74) is -1.40. The van der Waals surface area contributed by atoms with E-state index in [9.17, 15) is 23.3 Å². The first-order valence-corrected chi connectivity index (χ1v) is 10.1. The van der Waals surface area contributed by atoms with Gasteiger partial charge in [-0.3, -0.25) is 10.1 Å². The molecule has 2 rings (SSSR count). The molecule has 0 saturated carbocycles. The zero-order valence-electron chi connectivity index (χ0n) is 16.1. The molecular weight excluding hydrogens is 424 g/mol. The van der Waals surface area contributed by atoms with E-state index in [1.54, 1.807) is 20.8 Å². The SMILES string of the molecule is COc1ccc(OC(=O)c2ccc(Cl)c(S(=O)(=O)NC(C)(C)C)c2)c([N+](=O)[O-])c1. The molecule has 0 unspecified atom stereocenters. The summed E-state index contributed by atoms with van der Waals surface area (Å²) in [6.45, 7) is 4.96. The van der Waals surface area contributed by atoms with Crippen LogP contribution in [-0.2, 0) is 10.0 Å². The van der Waals surface area contributed by atoms with Crippen molar-refractivity contribution in [1.82, 2.24) is 4.72 Å². The molecule has 29 heavy (non-hydrogen) atoms. The minimum Gasteiger partial charge on any atom is -0.496 e. The normalized spacial score (nSPS) is 11.8. The second-order valence-corrected chi connectivity index (χ2v) is 9.04. The third kappa shape index (κ3) is 5.66. The van der Waals surface area contributed by atoms with Crippen LogP contribution in [0.25, 0.3) is 0 Å². The lowest BCUT2D eigenvalue weighted by Gasteiger charge is -2.21. The van der Waals surface area contributed by atoms with Crippen LogP contribution in [0.1, 0.15) is 31.1 Å². The predicted molar refractivity (Wildman–Crippen MR) is 106 cm³/mol. The number of methoxy groups -OCH3 is 1. The van der Waals surface area contributed by atoms with Crippen molar-refractivity contribution >= 4 is 33.3 Å². The van der Waals surface area contributed by atoms with Crippen LogP contribution in [0.3, 0.4) is 0 Å². The lowest BCUT2D eigenvalue weighted by molar-refractivity contribution is -0.385. The molecule has 0 fully saturated rings. The summed E-state index contributed by atoms with van der Waals surface area (Å²) in [7, 11) is -2.68. The van der Waals surface area contributed by atoms with Crippen LogP contribution >= 0.6 is 11.6 Å². The van der Waals surface area contributed by atoms with Gasteiger partial charge < -0.3 is 9.47 Å². The smallest absolute Gasteiger partial charge is 0.343 e. The number of hydrogen-bond acceptors (Lipinski definition) is 7. The summed E-state index contributed by atoms with van der Waals surface area (Å²) in [4.78, 5) is 22.7. The van der Waals surface area contributed by atoms with Gasteiger partial charge in [0.05, 0.1) is 28.7 Å². The van der Waals surface area contributed by atoms with E-state index in [0.29, 0.717) is 0 Å². The van der Waals surface area contributed by atoms with Crippen molar-refractivity contribution in [2.75, 3.05) is 7.11 Å². The van der Waals surface area contributed by atoms with Crippen LogP contribution in [0, 0.1) is 10.1 Å². The number of benzene rings is 2. The Kier molecular flexibility index (Phi) is 6.51. The van der Waals surface area contributed by atoms with E-state index < -0.39 is 32.1 Å². The largest absolute Gasteiger partial charge is 0.496 e. The minimum absolute atomic E-state index is 0.0891. The number of carbonyl (C=O) groups excluding carboxylic acids is 1. The summed E-state index contributed by atoms with van der Waals surface area (Å²) < 4.78 is 37.6. The van der Waals surface area contributed by atoms with Gasteiger partial charge in [0.2, 0.25) is 15.8 Å². The highest BCUT2D eigenvalue weighted by atomic mass is 35.5. The van der Waals surface area contributed by atoms with Crippen LogP contribution in [0.15, 0.2) is 41.3 Å². The number of hydrogen-bond donors (Lipinski definition) is 1. The van der Waals surface area contributed by atoms with Gasteiger partial charge in [0.1, 0.15) is 10.6 Å². The maximum absolute atomic E-state index is 12.6. The highest BCUT2D eigenvalue weighted by molar-refractivity contribution is 7.89. The van der Waals surface area contributed by atoms with E-state index in [0.717, 1.165) is 12.1 Å². The molecule has 156 valence electrons. The van der Waals surface area contributed by atoms with Crippen LogP contribution in [0.2, 0.25) is 5.02 Å². The van der Waals surface area contributed by atoms with Crippen molar-refractivity contribution in [3.63, 3.8) is 0 Å². The lowest BCUT2D eigenvalue weighted by Crippen LogP contribution is -2.40. The van der Waals surface area contributed by atoms with Gasteiger partial charge in [-0.15, -0.1) is 0 Å². The fourth-order valence-electron chi connectivity index (χ4n) is 2.31. The summed E-state index contributed by atoms with van der Waals surface area (Å²) in [6.07, 6.45) is 0. The van der Waals surface area contributed by atoms with Gasteiger partial charge in [0.25, 0.3) is 0 Å². The molecule has 0 radical (unpaired) electrons. The molecular formula is C18H19ClN2O7S. The summed E-state index contributed by atoms with van der Waals surface area (Å²) >= 11 is 6.00. The number of nitro benzene ring substituents is 1. The number of halogens is 1. The van der Waals surface area contributed by atoms with Gasteiger partial charge in [0.15, 0.2) is 0 Å². The first kappa shape index (κ1) is 22.6. The molecule has 0 bridgehead atoms. The van der Waals surface area contributed by atoms with E-state index in [2.05, 4.69) is 4.72 Å². The average molecular weight is 443 g/mol. The van der Waals surface area contributed by atoms with Crippen molar-refractivity contribution in [3.05, 3.63) is 57.1 Å². The molecule has 0 aromatic heterocycles. The quantitative estimate of drug-likeness (QED) is 0.314. The Morgan fingerprint density at radius 3 is 2.38 bits per heavy atom. The molecule has 0 aliphatic heterocycles. The zero-order chi connectivity index (χ0) is 22.0. The number of carbonyl (C=O) groups is 1. The summed E-state index contributed by atoms with van der Waals surface area (Å²) in [6, 6.07) is 7.25. The number of sulfonamides is 1. The van der Waals surface area contributed by atoms with Gasteiger partial charge in [-0.25, -0.2) is 17.9 Å². The van der Waals surface area contributed by atoms with E-state index in [1.165, 1.54) is 31.4 Å². The number of esters is 1. The Bertz CT molecular complexity index is 1060. The first-order chi connectivity index (χ1) is 13.3. The molecule has 0 saturated heterocycles. The molecule has 0 spiro atoms. The second-order valence-electron chi connectivity index (χ2n) is 6.98. The zero-order valence-corrected chi connectivity index (χ0v) is 17.6. The lowest BCUT2D eigenvalue weighted by atomic mass is 10.1. The second kappa shape index (κ2) is 8.36. The molecule has 2 aromatic carbocycles. The molecule has 0 aliphatic carbocycles. The topological polar surface area (TPSA) is 125 Å². The van der Waals surface area contributed by atoms with E-state index >= 15 is 0 Å². The monoisotopic (exact) mass is 442 g/mol. The Hall–Kier alpha value is -2.69. The van der Waals surface area contributed by atoms with Gasteiger partial charge in [-0.05, 0) is 51.1 Å². The molecule has 11 heteroatoms. The molecule has 2 aromatic rings. The first-order valence-electron chi connectivity index (χ1n) is 8.22. The van der Waals surface area contributed by atoms with Crippen molar-refractivity contribution in [1.29, 1.82) is 0 Å². The molecule has 0 amide bonds. The number of nitrogens with zero attached hydrogens (tertiary/aromatic N) is 1. The highest BCUT2D eigenvalue weighted by Gasteiger charge is 2.26. The van der Waals surface area contributed by atoms with Gasteiger partial charge >= 0.3 is 11.7 Å². The number of ether oxygens (including phenoxy) is 2. The van der Waals surface area contributed by atoms with E-state index in [1.807, 2.05) is 0 Å².